The van der Waals surface area contributed by atoms with Crippen LogP contribution < -0.4 is 10.6 Å². The van der Waals surface area contributed by atoms with E-state index in [9.17, 15) is 0 Å². The van der Waals surface area contributed by atoms with Crippen LogP contribution in [0.15, 0.2) is 77.8 Å². The van der Waals surface area contributed by atoms with Gasteiger partial charge in [-0.2, -0.15) is 0 Å². The Morgan fingerprint density at radius 3 is 1.48 bits per heavy atom. The molecule has 9 heteroatoms. The van der Waals surface area contributed by atoms with Gasteiger partial charge in [-0.3, -0.25) is 9.97 Å². The standard InChI is InChI=1S/C20H20Br2N2.C19H17Br2ClN2/c1-12-8-14-2-3-15-10-16(21)11-24-20(15)19(18(14)17(22)9-12)13-4-6-23-7-5-13;20-14-7-13-2-1-12-8-15(22)9-16(21)17(12)18(19(13)24-10-14)11-3-5-23-6-4-11/h8-11,23H,2-7H2,1H3;7-10,23H,1-6H2. The third-order valence-corrected chi connectivity index (χ3v) is 12.1. The number of pyridine rings is 2. The molecule has 4 nitrogen and oxygen atoms in total. The van der Waals surface area contributed by atoms with Crippen molar-refractivity contribution >= 4 is 86.5 Å². The van der Waals surface area contributed by atoms with Gasteiger partial charge in [0.1, 0.15) is 0 Å². The van der Waals surface area contributed by atoms with E-state index in [2.05, 4.69) is 112 Å². The third kappa shape index (κ3) is 7.37. The highest BCUT2D eigenvalue weighted by molar-refractivity contribution is 9.11. The number of hydrogen-bond donors (Lipinski definition) is 2. The second-order valence-corrected chi connectivity index (χ2v) is 17.0. The molecular weight excluding hydrogens is 880 g/mol. The van der Waals surface area contributed by atoms with E-state index in [1.54, 1.807) is 0 Å². The molecule has 2 N–H and O–H groups in total. The highest BCUT2D eigenvalue weighted by Crippen LogP contribution is 2.43. The molecule has 0 saturated carbocycles. The van der Waals surface area contributed by atoms with Crippen molar-refractivity contribution in [3.63, 3.8) is 0 Å². The van der Waals surface area contributed by atoms with E-state index >= 15 is 0 Å². The predicted molar refractivity (Wildman–Crippen MR) is 213 cm³/mol. The van der Waals surface area contributed by atoms with Crippen LogP contribution in [0.4, 0.5) is 0 Å². The van der Waals surface area contributed by atoms with E-state index < -0.39 is 0 Å². The Bertz CT molecular complexity index is 1810. The summed E-state index contributed by atoms with van der Waals surface area (Å²) in [6.07, 6.45) is 12.3. The summed E-state index contributed by atoms with van der Waals surface area (Å²) in [5.41, 5.74) is 17.4. The van der Waals surface area contributed by atoms with Crippen molar-refractivity contribution in [2.75, 3.05) is 26.2 Å². The van der Waals surface area contributed by atoms with Gasteiger partial charge in [-0.25, -0.2) is 0 Å². The summed E-state index contributed by atoms with van der Waals surface area (Å²) >= 11 is 21.1. The first kappa shape index (κ1) is 34.8. The van der Waals surface area contributed by atoms with E-state index in [1.807, 2.05) is 18.5 Å². The summed E-state index contributed by atoms with van der Waals surface area (Å²) in [4.78, 5) is 9.67. The number of hydrogen-bond acceptors (Lipinski definition) is 4. The highest BCUT2D eigenvalue weighted by atomic mass is 79.9. The fraction of sp³-hybridized carbons (Fsp3) is 0.333. The van der Waals surface area contributed by atoms with Crippen LogP contribution >= 0.6 is 75.3 Å². The molecule has 248 valence electrons. The average Bonchev–Trinajstić information content (AvgIpc) is 3.34. The molecule has 2 aromatic carbocycles. The summed E-state index contributed by atoms with van der Waals surface area (Å²) in [6, 6.07) is 13.2. The zero-order valence-corrected chi connectivity index (χ0v) is 34.0. The number of aromatic nitrogens is 2. The number of benzene rings is 2. The fourth-order valence-electron chi connectivity index (χ4n) is 7.61. The van der Waals surface area contributed by atoms with E-state index in [4.69, 9.17) is 21.6 Å². The molecule has 4 aromatic rings. The van der Waals surface area contributed by atoms with Crippen LogP contribution in [0, 0.1) is 6.92 Å². The molecule has 2 saturated heterocycles. The second-order valence-electron chi connectivity index (χ2n) is 13.0. The maximum atomic E-state index is 6.33. The SMILES string of the molecule is Cc1cc(Br)c2c(c1)CCc1cc(Br)cnc1C2=C1CCNCC1.Clc1cc(Br)c2c(c1)CCc1cc(Br)cnc1C2=C1CCNCC1. The van der Waals surface area contributed by atoms with Gasteiger partial charge in [0.15, 0.2) is 0 Å². The first-order valence-electron chi connectivity index (χ1n) is 16.7. The molecule has 0 amide bonds. The van der Waals surface area contributed by atoms with Crippen LogP contribution in [0.1, 0.15) is 76.0 Å². The van der Waals surface area contributed by atoms with Gasteiger partial charge in [-0.05, 0) is 174 Å². The summed E-state index contributed by atoms with van der Waals surface area (Å²) < 4.78 is 4.38. The van der Waals surface area contributed by atoms with Gasteiger partial charge in [-0.15, -0.1) is 0 Å². The molecule has 0 spiro atoms. The van der Waals surface area contributed by atoms with Crippen molar-refractivity contribution < 1.29 is 0 Å². The number of rotatable bonds is 0. The molecule has 8 rings (SSSR count). The van der Waals surface area contributed by atoms with Gasteiger partial charge in [0.05, 0.1) is 11.4 Å². The van der Waals surface area contributed by atoms with Gasteiger partial charge in [0.2, 0.25) is 0 Å². The summed E-state index contributed by atoms with van der Waals surface area (Å²) in [6.45, 7) is 6.36. The Morgan fingerprint density at radius 2 is 0.979 bits per heavy atom. The topological polar surface area (TPSA) is 49.8 Å². The lowest BCUT2D eigenvalue weighted by atomic mass is 9.88. The van der Waals surface area contributed by atoms with Crippen molar-refractivity contribution in [3.05, 3.63) is 133 Å². The molecular formula is C39H37Br4ClN4. The molecule has 2 aliphatic heterocycles. The van der Waals surface area contributed by atoms with Crippen LogP contribution in [0.5, 0.6) is 0 Å². The van der Waals surface area contributed by atoms with Crippen LogP contribution in [0.3, 0.4) is 0 Å². The number of piperidine rings is 2. The average molecular weight is 917 g/mol. The van der Waals surface area contributed by atoms with Gasteiger partial charge >= 0.3 is 0 Å². The smallest absolute Gasteiger partial charge is 0.0740 e. The second kappa shape index (κ2) is 15.3. The summed E-state index contributed by atoms with van der Waals surface area (Å²) in [5.74, 6) is 0. The first-order chi connectivity index (χ1) is 23.3. The van der Waals surface area contributed by atoms with Gasteiger partial charge < -0.3 is 10.6 Å². The lowest BCUT2D eigenvalue weighted by Gasteiger charge is -2.23. The minimum atomic E-state index is 0.787. The van der Waals surface area contributed by atoms with Crippen molar-refractivity contribution in [1.82, 2.24) is 20.6 Å². The number of fused-ring (bicyclic) bond motifs is 4. The van der Waals surface area contributed by atoms with Gasteiger partial charge in [-0.1, -0.05) is 60.7 Å². The van der Waals surface area contributed by atoms with Crippen molar-refractivity contribution in [2.24, 2.45) is 0 Å². The number of nitrogens with zero attached hydrogens (tertiary/aromatic N) is 2. The predicted octanol–water partition coefficient (Wildman–Crippen LogP) is 10.7. The monoisotopic (exact) mass is 912 g/mol. The molecule has 4 heterocycles. The van der Waals surface area contributed by atoms with Crippen LogP contribution in [-0.4, -0.2) is 36.1 Å². The lowest BCUT2D eigenvalue weighted by Crippen LogP contribution is -2.24. The highest BCUT2D eigenvalue weighted by Gasteiger charge is 2.27. The van der Waals surface area contributed by atoms with Crippen LogP contribution in [-0.2, 0) is 25.7 Å². The molecule has 2 fully saturated rings. The zero-order valence-electron chi connectivity index (χ0n) is 26.9. The lowest BCUT2D eigenvalue weighted by molar-refractivity contribution is 0.611. The summed E-state index contributed by atoms with van der Waals surface area (Å²) in [5, 5.41) is 7.72. The Kier molecular flexibility index (Phi) is 11.1. The molecule has 48 heavy (non-hydrogen) atoms. The van der Waals surface area contributed by atoms with E-state index in [1.165, 1.54) is 71.4 Å². The quantitative estimate of drug-likeness (QED) is 0.185. The molecule has 2 aromatic heterocycles. The molecule has 2 aliphatic carbocycles. The van der Waals surface area contributed by atoms with Crippen LogP contribution in [0.2, 0.25) is 5.02 Å². The normalized spacial score (nSPS) is 17.3. The molecule has 0 bridgehead atoms. The minimum Gasteiger partial charge on any atom is -0.316 e. The van der Waals surface area contributed by atoms with Gasteiger partial charge in [0, 0.05) is 57.6 Å². The number of aryl methyl sites for hydroxylation is 5. The van der Waals surface area contributed by atoms with E-state index in [-0.39, 0.29) is 0 Å². The van der Waals surface area contributed by atoms with Crippen LogP contribution in [0.25, 0.3) is 11.1 Å². The maximum absolute atomic E-state index is 6.33. The minimum absolute atomic E-state index is 0.787. The number of halogens is 5. The molecule has 0 unspecified atom stereocenters. The van der Waals surface area contributed by atoms with Crippen molar-refractivity contribution in [3.8, 4) is 0 Å². The molecule has 4 aliphatic rings. The summed E-state index contributed by atoms with van der Waals surface area (Å²) in [7, 11) is 0. The first-order valence-corrected chi connectivity index (χ1v) is 20.2. The number of nitrogens with one attached hydrogen (secondary N) is 2. The van der Waals surface area contributed by atoms with E-state index in [0.29, 0.717) is 0 Å². The Labute approximate surface area is 322 Å². The molecule has 0 radical (unpaired) electrons. The Hall–Kier alpha value is -1.65. The Morgan fingerprint density at radius 1 is 0.542 bits per heavy atom. The largest absolute Gasteiger partial charge is 0.316 e. The Balaban J connectivity index is 0.000000152. The molecule has 0 atom stereocenters. The fourth-order valence-corrected chi connectivity index (χ4v) is 10.3. The zero-order chi connectivity index (χ0) is 33.4. The van der Waals surface area contributed by atoms with E-state index in [0.717, 1.165) is 102 Å². The third-order valence-electron chi connectivity index (χ3n) is 9.74. The van der Waals surface area contributed by atoms with Crippen molar-refractivity contribution in [2.45, 2.75) is 58.3 Å². The van der Waals surface area contributed by atoms with Crippen molar-refractivity contribution in [1.29, 1.82) is 0 Å². The maximum Gasteiger partial charge on any atom is 0.0740 e. The van der Waals surface area contributed by atoms with Gasteiger partial charge in [0.25, 0.3) is 0 Å².